The third-order valence-electron chi connectivity index (χ3n) is 2.96. The van der Waals surface area contributed by atoms with Crippen molar-refractivity contribution in [3.05, 3.63) is 54.0 Å². The average molecular weight is 286 g/mol. The van der Waals surface area contributed by atoms with Crippen LogP contribution in [0.5, 0.6) is 5.88 Å². The summed E-state index contributed by atoms with van der Waals surface area (Å²) in [6.45, 7) is 3.78. The SMILES string of the molecule is CC(C)Oc1cc(C(Cc2ccccc2)C(=O)O)ncn1. The van der Waals surface area contributed by atoms with Gasteiger partial charge in [-0.3, -0.25) is 4.79 Å². The molecule has 0 bridgehead atoms. The van der Waals surface area contributed by atoms with E-state index in [1.54, 1.807) is 6.07 Å². The van der Waals surface area contributed by atoms with Crippen LogP contribution in [-0.4, -0.2) is 27.1 Å². The lowest BCUT2D eigenvalue weighted by Gasteiger charge is -2.14. The summed E-state index contributed by atoms with van der Waals surface area (Å²) in [6.07, 6.45) is 1.70. The zero-order chi connectivity index (χ0) is 15.2. The zero-order valence-electron chi connectivity index (χ0n) is 12.1. The molecule has 2 aromatic rings. The van der Waals surface area contributed by atoms with Crippen molar-refractivity contribution in [3.63, 3.8) is 0 Å². The molecule has 0 saturated heterocycles. The Kier molecular flexibility index (Phi) is 4.87. The van der Waals surface area contributed by atoms with Crippen molar-refractivity contribution in [3.8, 4) is 5.88 Å². The first-order chi connectivity index (χ1) is 10.1. The maximum atomic E-state index is 11.5. The predicted octanol–water partition coefficient (Wildman–Crippen LogP) is 2.67. The number of ether oxygens (including phenoxy) is 1. The van der Waals surface area contributed by atoms with Crippen molar-refractivity contribution in [2.75, 3.05) is 0 Å². The minimum atomic E-state index is -0.909. The summed E-state index contributed by atoms with van der Waals surface area (Å²) in [5.74, 6) is -1.23. The molecule has 0 aliphatic carbocycles. The van der Waals surface area contributed by atoms with E-state index in [-0.39, 0.29) is 6.10 Å². The number of aromatic nitrogens is 2. The molecule has 1 aromatic carbocycles. The summed E-state index contributed by atoms with van der Waals surface area (Å²) in [5.41, 5.74) is 1.41. The van der Waals surface area contributed by atoms with Gasteiger partial charge in [-0.15, -0.1) is 0 Å². The van der Waals surface area contributed by atoms with E-state index in [4.69, 9.17) is 4.74 Å². The van der Waals surface area contributed by atoms with Crippen LogP contribution >= 0.6 is 0 Å². The van der Waals surface area contributed by atoms with Gasteiger partial charge in [-0.05, 0) is 25.8 Å². The molecule has 0 saturated carbocycles. The largest absolute Gasteiger partial charge is 0.481 e. The molecule has 1 heterocycles. The van der Waals surface area contributed by atoms with Gasteiger partial charge in [0, 0.05) is 6.07 Å². The third kappa shape index (κ3) is 4.27. The highest BCUT2D eigenvalue weighted by molar-refractivity contribution is 5.76. The van der Waals surface area contributed by atoms with Crippen molar-refractivity contribution in [2.45, 2.75) is 32.3 Å². The Hall–Kier alpha value is -2.43. The number of carboxylic acids is 1. The molecule has 0 spiro atoms. The Bertz CT molecular complexity index is 599. The highest BCUT2D eigenvalue weighted by Gasteiger charge is 2.22. The fraction of sp³-hybridized carbons (Fsp3) is 0.312. The topological polar surface area (TPSA) is 72.3 Å². The van der Waals surface area contributed by atoms with E-state index in [1.807, 2.05) is 44.2 Å². The van der Waals surface area contributed by atoms with Gasteiger partial charge in [0.05, 0.1) is 11.8 Å². The lowest BCUT2D eigenvalue weighted by Crippen LogP contribution is -2.17. The number of nitrogens with zero attached hydrogens (tertiary/aromatic N) is 2. The fourth-order valence-electron chi connectivity index (χ4n) is 2.02. The summed E-state index contributed by atoms with van der Waals surface area (Å²) in [4.78, 5) is 19.6. The molecular formula is C16H18N2O3. The van der Waals surface area contributed by atoms with Crippen LogP contribution in [0.1, 0.15) is 31.0 Å². The van der Waals surface area contributed by atoms with Gasteiger partial charge >= 0.3 is 5.97 Å². The molecule has 0 fully saturated rings. The summed E-state index contributed by atoms with van der Waals surface area (Å²) in [5, 5.41) is 9.46. The normalized spacial score (nSPS) is 12.1. The summed E-state index contributed by atoms with van der Waals surface area (Å²) in [7, 11) is 0. The van der Waals surface area contributed by atoms with Gasteiger partial charge < -0.3 is 9.84 Å². The molecule has 0 amide bonds. The molecule has 5 heteroatoms. The standard InChI is InChI=1S/C16H18N2O3/c1-11(2)21-15-9-14(17-10-18-15)13(16(19)20)8-12-6-4-3-5-7-12/h3-7,9-11,13H,8H2,1-2H3,(H,19,20). The first-order valence-electron chi connectivity index (χ1n) is 6.81. The number of hydrogen-bond donors (Lipinski definition) is 1. The van der Waals surface area contributed by atoms with E-state index in [2.05, 4.69) is 9.97 Å². The lowest BCUT2D eigenvalue weighted by atomic mass is 9.96. The van der Waals surface area contributed by atoms with E-state index in [9.17, 15) is 9.90 Å². The van der Waals surface area contributed by atoms with E-state index < -0.39 is 11.9 Å². The molecule has 1 aromatic heterocycles. The van der Waals surface area contributed by atoms with Gasteiger partial charge in [0.25, 0.3) is 0 Å². The Morgan fingerprint density at radius 1 is 1.24 bits per heavy atom. The second-order valence-corrected chi connectivity index (χ2v) is 5.03. The van der Waals surface area contributed by atoms with Gasteiger partial charge in [0.15, 0.2) is 0 Å². The van der Waals surface area contributed by atoms with Crippen molar-refractivity contribution >= 4 is 5.97 Å². The lowest BCUT2D eigenvalue weighted by molar-refractivity contribution is -0.138. The molecular weight excluding hydrogens is 268 g/mol. The first kappa shape index (κ1) is 15.0. The molecule has 21 heavy (non-hydrogen) atoms. The average Bonchev–Trinajstić information content (AvgIpc) is 2.45. The molecule has 1 unspecified atom stereocenters. The second-order valence-electron chi connectivity index (χ2n) is 5.03. The minimum absolute atomic E-state index is 0.0230. The van der Waals surface area contributed by atoms with Crippen molar-refractivity contribution in [1.29, 1.82) is 0 Å². The Morgan fingerprint density at radius 2 is 1.95 bits per heavy atom. The number of hydrogen-bond acceptors (Lipinski definition) is 4. The number of carboxylic acid groups (broad SMARTS) is 1. The highest BCUT2D eigenvalue weighted by atomic mass is 16.5. The van der Waals surface area contributed by atoms with Crippen molar-refractivity contribution in [1.82, 2.24) is 9.97 Å². The molecule has 110 valence electrons. The fourth-order valence-corrected chi connectivity index (χ4v) is 2.02. The minimum Gasteiger partial charge on any atom is -0.481 e. The zero-order valence-corrected chi connectivity index (χ0v) is 12.1. The molecule has 0 aliphatic heterocycles. The van der Waals surface area contributed by atoms with Crippen LogP contribution in [0, 0.1) is 0 Å². The van der Waals surface area contributed by atoms with Crippen LogP contribution in [0.3, 0.4) is 0 Å². The van der Waals surface area contributed by atoms with E-state index in [0.717, 1.165) is 5.56 Å². The molecule has 1 atom stereocenters. The molecule has 5 nitrogen and oxygen atoms in total. The third-order valence-corrected chi connectivity index (χ3v) is 2.96. The van der Waals surface area contributed by atoms with Gasteiger partial charge in [-0.25, -0.2) is 9.97 Å². The van der Waals surface area contributed by atoms with Crippen LogP contribution < -0.4 is 4.74 Å². The molecule has 1 N–H and O–H groups in total. The van der Waals surface area contributed by atoms with Gasteiger partial charge in [-0.1, -0.05) is 30.3 Å². The van der Waals surface area contributed by atoms with Crippen molar-refractivity contribution < 1.29 is 14.6 Å². The van der Waals surface area contributed by atoms with Crippen LogP contribution in [0.4, 0.5) is 0 Å². The maximum Gasteiger partial charge on any atom is 0.312 e. The predicted molar refractivity (Wildman–Crippen MR) is 78.3 cm³/mol. The molecule has 2 rings (SSSR count). The van der Waals surface area contributed by atoms with Crippen LogP contribution in [0.2, 0.25) is 0 Å². The van der Waals surface area contributed by atoms with E-state index >= 15 is 0 Å². The number of aliphatic carboxylic acids is 1. The highest BCUT2D eigenvalue weighted by Crippen LogP contribution is 2.22. The van der Waals surface area contributed by atoms with Gasteiger partial charge in [0.2, 0.25) is 5.88 Å². The van der Waals surface area contributed by atoms with Crippen LogP contribution in [0.25, 0.3) is 0 Å². The first-order valence-corrected chi connectivity index (χ1v) is 6.81. The van der Waals surface area contributed by atoms with Crippen LogP contribution in [0.15, 0.2) is 42.7 Å². The van der Waals surface area contributed by atoms with E-state index in [0.29, 0.717) is 18.0 Å². The quantitative estimate of drug-likeness (QED) is 0.884. The Labute approximate surface area is 123 Å². The summed E-state index contributed by atoms with van der Waals surface area (Å²) >= 11 is 0. The molecule has 0 aliphatic rings. The van der Waals surface area contributed by atoms with Gasteiger partial charge in [-0.2, -0.15) is 0 Å². The molecule has 0 radical (unpaired) electrons. The second kappa shape index (κ2) is 6.83. The monoisotopic (exact) mass is 286 g/mol. The summed E-state index contributed by atoms with van der Waals surface area (Å²) in [6, 6.07) is 11.1. The summed E-state index contributed by atoms with van der Waals surface area (Å²) < 4.78 is 5.49. The van der Waals surface area contributed by atoms with Crippen LogP contribution in [-0.2, 0) is 11.2 Å². The van der Waals surface area contributed by atoms with Crippen molar-refractivity contribution in [2.24, 2.45) is 0 Å². The number of carbonyl (C=O) groups is 1. The Balaban J connectivity index is 2.24. The van der Waals surface area contributed by atoms with Gasteiger partial charge in [0.1, 0.15) is 12.2 Å². The Morgan fingerprint density at radius 3 is 2.57 bits per heavy atom. The smallest absolute Gasteiger partial charge is 0.312 e. The maximum absolute atomic E-state index is 11.5. The number of rotatable bonds is 6. The number of benzene rings is 1. The van der Waals surface area contributed by atoms with E-state index in [1.165, 1.54) is 6.33 Å².